The van der Waals surface area contributed by atoms with Crippen LogP contribution in [-0.4, -0.2) is 46.3 Å². The Bertz CT molecular complexity index is 891. The minimum absolute atomic E-state index is 0.131. The number of halogens is 1. The highest BCUT2D eigenvalue weighted by molar-refractivity contribution is 5.94. The number of hydrogen-bond acceptors (Lipinski definition) is 4. The number of esters is 1. The summed E-state index contributed by atoms with van der Waals surface area (Å²) in [6.07, 6.45) is 4.14. The highest BCUT2D eigenvalue weighted by atomic mass is 19.1. The van der Waals surface area contributed by atoms with Gasteiger partial charge in [-0.2, -0.15) is 5.10 Å². The molecule has 0 N–H and O–H groups in total. The van der Waals surface area contributed by atoms with Crippen molar-refractivity contribution in [2.24, 2.45) is 5.92 Å². The van der Waals surface area contributed by atoms with E-state index in [1.807, 2.05) is 0 Å². The van der Waals surface area contributed by atoms with Gasteiger partial charge >= 0.3 is 5.97 Å². The molecule has 1 aliphatic heterocycles. The van der Waals surface area contributed by atoms with Crippen LogP contribution >= 0.6 is 0 Å². The molecule has 1 amide bonds. The van der Waals surface area contributed by atoms with Gasteiger partial charge in [0, 0.05) is 24.3 Å². The van der Waals surface area contributed by atoms with Crippen LogP contribution in [0, 0.1) is 11.7 Å². The first-order valence-electron chi connectivity index (χ1n) is 9.91. The maximum absolute atomic E-state index is 13.3. The first-order chi connectivity index (χ1) is 13.6. The van der Waals surface area contributed by atoms with Crippen molar-refractivity contribution >= 4 is 11.9 Å². The highest BCUT2D eigenvalue weighted by Gasteiger charge is 2.34. The van der Waals surface area contributed by atoms with Gasteiger partial charge in [0.2, 0.25) is 0 Å². The van der Waals surface area contributed by atoms with E-state index in [1.54, 1.807) is 28.6 Å². The van der Waals surface area contributed by atoms with Crippen molar-refractivity contribution in [2.75, 3.05) is 19.7 Å². The number of ether oxygens (including phenoxy) is 1. The molecule has 0 bridgehead atoms. The Hall–Kier alpha value is -2.70. The number of nitrogens with zero attached hydrogens (tertiary/aromatic N) is 3. The normalized spacial score (nSPS) is 18.8. The molecule has 2 heterocycles. The number of amides is 1. The van der Waals surface area contributed by atoms with E-state index in [0.717, 1.165) is 49.0 Å². The van der Waals surface area contributed by atoms with E-state index in [-0.39, 0.29) is 23.6 Å². The molecule has 148 valence electrons. The second-order valence-electron chi connectivity index (χ2n) is 7.36. The number of piperidine rings is 1. The van der Waals surface area contributed by atoms with Crippen LogP contribution in [0.2, 0.25) is 0 Å². The van der Waals surface area contributed by atoms with Gasteiger partial charge in [-0.05, 0) is 63.3 Å². The van der Waals surface area contributed by atoms with Gasteiger partial charge in [-0.1, -0.05) is 0 Å². The minimum atomic E-state index is -0.304. The number of hydrogen-bond donors (Lipinski definition) is 0. The van der Waals surface area contributed by atoms with E-state index < -0.39 is 0 Å². The Morgan fingerprint density at radius 2 is 2.00 bits per heavy atom. The van der Waals surface area contributed by atoms with E-state index in [2.05, 4.69) is 5.10 Å². The van der Waals surface area contributed by atoms with Gasteiger partial charge in [0.25, 0.3) is 5.91 Å². The maximum Gasteiger partial charge on any atom is 0.310 e. The summed E-state index contributed by atoms with van der Waals surface area (Å²) >= 11 is 0. The largest absolute Gasteiger partial charge is 0.466 e. The molecule has 1 aromatic heterocycles. The summed E-state index contributed by atoms with van der Waals surface area (Å²) in [5.74, 6) is -0.942. The van der Waals surface area contributed by atoms with Crippen LogP contribution in [0.3, 0.4) is 0 Å². The molecule has 7 heteroatoms. The van der Waals surface area contributed by atoms with Crippen molar-refractivity contribution in [1.29, 1.82) is 0 Å². The molecule has 0 unspecified atom stereocenters. The topological polar surface area (TPSA) is 64.4 Å². The predicted molar refractivity (Wildman–Crippen MR) is 101 cm³/mol. The summed E-state index contributed by atoms with van der Waals surface area (Å²) in [7, 11) is 0. The Balaban J connectivity index is 1.60. The second kappa shape index (κ2) is 7.73. The zero-order valence-electron chi connectivity index (χ0n) is 16.0. The lowest BCUT2D eigenvalue weighted by Crippen LogP contribution is -2.43. The Labute approximate surface area is 163 Å². The monoisotopic (exact) mass is 385 g/mol. The van der Waals surface area contributed by atoms with E-state index in [4.69, 9.17) is 4.74 Å². The van der Waals surface area contributed by atoms with Gasteiger partial charge in [0.05, 0.1) is 18.2 Å². The summed E-state index contributed by atoms with van der Waals surface area (Å²) in [6.45, 7) is 3.12. The van der Waals surface area contributed by atoms with Crippen molar-refractivity contribution in [2.45, 2.75) is 39.0 Å². The molecule has 0 saturated carbocycles. The van der Waals surface area contributed by atoms with Crippen molar-refractivity contribution in [3.8, 4) is 5.69 Å². The fraction of sp³-hybridized carbons (Fsp3) is 0.476. The number of likely N-dealkylation sites (tertiary alicyclic amines) is 1. The molecule has 1 aromatic carbocycles. The van der Waals surface area contributed by atoms with Crippen LogP contribution in [-0.2, 0) is 22.4 Å². The molecule has 1 fully saturated rings. The van der Waals surface area contributed by atoms with Gasteiger partial charge in [-0.3, -0.25) is 9.59 Å². The third-order valence-electron chi connectivity index (χ3n) is 5.53. The Kier molecular flexibility index (Phi) is 5.15. The number of carbonyl (C=O) groups excluding carboxylic acids is 2. The van der Waals surface area contributed by atoms with E-state index in [1.165, 1.54) is 12.1 Å². The van der Waals surface area contributed by atoms with Gasteiger partial charge in [-0.15, -0.1) is 0 Å². The van der Waals surface area contributed by atoms with E-state index in [9.17, 15) is 14.0 Å². The van der Waals surface area contributed by atoms with Crippen LogP contribution in [0.5, 0.6) is 0 Å². The quantitative estimate of drug-likeness (QED) is 0.759. The van der Waals surface area contributed by atoms with Crippen molar-refractivity contribution in [1.82, 2.24) is 14.7 Å². The molecular weight excluding hydrogens is 361 g/mol. The lowest BCUT2D eigenvalue weighted by Gasteiger charge is -2.31. The summed E-state index contributed by atoms with van der Waals surface area (Å²) in [6, 6.07) is 6.14. The third-order valence-corrected chi connectivity index (χ3v) is 5.53. The fourth-order valence-electron chi connectivity index (χ4n) is 4.17. The van der Waals surface area contributed by atoms with E-state index in [0.29, 0.717) is 25.4 Å². The first-order valence-corrected chi connectivity index (χ1v) is 9.91. The average molecular weight is 385 g/mol. The van der Waals surface area contributed by atoms with Crippen LogP contribution in [0.25, 0.3) is 5.69 Å². The van der Waals surface area contributed by atoms with Gasteiger partial charge in [-0.25, -0.2) is 9.07 Å². The Morgan fingerprint density at radius 3 is 2.75 bits per heavy atom. The van der Waals surface area contributed by atoms with Gasteiger partial charge in [0.1, 0.15) is 5.82 Å². The Morgan fingerprint density at radius 1 is 1.21 bits per heavy atom. The molecular formula is C21H24FN3O3. The molecule has 2 aromatic rings. The number of carbonyl (C=O) groups is 2. The number of aromatic nitrogens is 2. The molecule has 0 radical (unpaired) electrons. The molecule has 6 nitrogen and oxygen atoms in total. The molecule has 2 aliphatic rings. The van der Waals surface area contributed by atoms with Crippen LogP contribution in [0.4, 0.5) is 4.39 Å². The average Bonchev–Trinajstić information content (AvgIpc) is 3.31. The molecule has 0 spiro atoms. The lowest BCUT2D eigenvalue weighted by molar-refractivity contribution is -0.149. The molecule has 28 heavy (non-hydrogen) atoms. The summed E-state index contributed by atoms with van der Waals surface area (Å²) in [5.41, 5.74) is 3.21. The van der Waals surface area contributed by atoms with E-state index >= 15 is 0 Å². The van der Waals surface area contributed by atoms with Crippen molar-refractivity contribution in [3.63, 3.8) is 0 Å². The first kappa shape index (κ1) is 18.7. The van der Waals surface area contributed by atoms with Crippen molar-refractivity contribution < 1.29 is 18.7 Å². The summed E-state index contributed by atoms with van der Waals surface area (Å²) in [4.78, 5) is 27.0. The molecule has 4 rings (SSSR count). The maximum atomic E-state index is 13.3. The zero-order valence-corrected chi connectivity index (χ0v) is 16.0. The zero-order chi connectivity index (χ0) is 19.7. The number of benzene rings is 1. The number of fused-ring (bicyclic) bond motifs is 1. The van der Waals surface area contributed by atoms with Crippen LogP contribution < -0.4 is 0 Å². The highest BCUT2D eigenvalue weighted by Crippen LogP contribution is 2.29. The summed E-state index contributed by atoms with van der Waals surface area (Å²) < 4.78 is 20.2. The summed E-state index contributed by atoms with van der Waals surface area (Å²) in [5, 5.41) is 4.60. The predicted octanol–water partition coefficient (Wildman–Crippen LogP) is 2.92. The van der Waals surface area contributed by atoms with Crippen LogP contribution in [0.1, 0.15) is 47.9 Å². The molecule has 1 aliphatic carbocycles. The molecule has 1 saturated heterocycles. The molecule has 1 atom stereocenters. The van der Waals surface area contributed by atoms with Crippen LogP contribution in [0.15, 0.2) is 24.3 Å². The minimum Gasteiger partial charge on any atom is -0.466 e. The SMILES string of the molecule is CCOC(=O)[C@H]1CCCN(C(=O)c2nn(-c3ccc(F)cc3)c3c2CCC3)C1. The standard InChI is InChI=1S/C21H24FN3O3/c1-2-28-21(27)14-5-4-12-24(13-14)20(26)19-17-6-3-7-18(17)25(23-19)16-10-8-15(22)9-11-16/h8-11,14H,2-7,12-13H2,1H3/t14-/m0/s1. The second-order valence-corrected chi connectivity index (χ2v) is 7.36. The number of rotatable bonds is 4. The van der Waals surface area contributed by atoms with Gasteiger partial charge < -0.3 is 9.64 Å². The lowest BCUT2D eigenvalue weighted by atomic mass is 9.97. The smallest absolute Gasteiger partial charge is 0.310 e. The van der Waals surface area contributed by atoms with Crippen molar-refractivity contribution in [3.05, 3.63) is 47.0 Å². The van der Waals surface area contributed by atoms with Gasteiger partial charge in [0.15, 0.2) is 5.69 Å². The fourth-order valence-corrected chi connectivity index (χ4v) is 4.17. The third kappa shape index (κ3) is 3.41.